The van der Waals surface area contributed by atoms with Gasteiger partial charge in [-0.15, -0.1) is 0 Å². The van der Waals surface area contributed by atoms with Gasteiger partial charge in [0.2, 0.25) is 0 Å². The molecule has 0 aliphatic rings. The van der Waals surface area contributed by atoms with E-state index in [1.54, 1.807) is 0 Å². The first kappa shape index (κ1) is 11.1. The quantitative estimate of drug-likeness (QED) is 0.700. The van der Waals surface area contributed by atoms with Crippen LogP contribution in [0.1, 0.15) is 11.5 Å². The van der Waals surface area contributed by atoms with Crippen LogP contribution in [-0.2, 0) is 23.0 Å². The van der Waals surface area contributed by atoms with E-state index < -0.39 is 28.7 Å². The Morgan fingerprint density at radius 2 is 2.14 bits per heavy atom. The first-order chi connectivity index (χ1) is 6.39. The summed E-state index contributed by atoms with van der Waals surface area (Å²) < 4.78 is 56.5. The summed E-state index contributed by atoms with van der Waals surface area (Å²) >= 11 is -2.49. The average molecular weight is 225 g/mol. The molecule has 4 nitrogen and oxygen atoms in total. The van der Waals surface area contributed by atoms with E-state index >= 15 is 0 Å². The SMILES string of the molecule is O=S([O-])Cc1nccc(C(F)(F)F)n1. The van der Waals surface area contributed by atoms with Crippen LogP contribution in [0.4, 0.5) is 13.2 Å². The van der Waals surface area contributed by atoms with Crippen LogP contribution in [0, 0.1) is 0 Å². The summed E-state index contributed by atoms with van der Waals surface area (Å²) in [6.45, 7) is 0. The molecule has 1 aromatic heterocycles. The summed E-state index contributed by atoms with van der Waals surface area (Å²) in [4.78, 5) is 6.44. The van der Waals surface area contributed by atoms with Crippen molar-refractivity contribution in [1.29, 1.82) is 0 Å². The van der Waals surface area contributed by atoms with Gasteiger partial charge in [0.25, 0.3) is 0 Å². The Morgan fingerprint density at radius 3 is 2.64 bits per heavy atom. The normalized spacial score (nSPS) is 14.0. The van der Waals surface area contributed by atoms with Crippen molar-refractivity contribution in [2.45, 2.75) is 11.9 Å². The maximum atomic E-state index is 12.1. The van der Waals surface area contributed by atoms with E-state index in [1.165, 1.54) is 0 Å². The molecule has 78 valence electrons. The fourth-order valence-corrected chi connectivity index (χ4v) is 1.08. The zero-order valence-corrected chi connectivity index (χ0v) is 7.43. The lowest BCUT2D eigenvalue weighted by Crippen LogP contribution is -2.11. The zero-order chi connectivity index (χ0) is 10.8. The Hall–Kier alpha value is -1.02. The van der Waals surface area contributed by atoms with E-state index in [1.807, 2.05) is 0 Å². The number of hydrogen-bond donors (Lipinski definition) is 0. The number of aromatic nitrogens is 2. The molecule has 1 unspecified atom stereocenters. The second-order valence-electron chi connectivity index (χ2n) is 2.30. The van der Waals surface area contributed by atoms with E-state index in [9.17, 15) is 21.9 Å². The summed E-state index contributed by atoms with van der Waals surface area (Å²) in [6.07, 6.45) is -3.71. The van der Waals surface area contributed by atoms with Crippen molar-refractivity contribution in [1.82, 2.24) is 9.97 Å². The molecule has 0 saturated carbocycles. The fourth-order valence-electron chi connectivity index (χ4n) is 0.732. The Balaban J connectivity index is 2.95. The van der Waals surface area contributed by atoms with Crippen LogP contribution in [0.15, 0.2) is 12.3 Å². The highest BCUT2D eigenvalue weighted by Crippen LogP contribution is 2.26. The minimum atomic E-state index is -4.58. The van der Waals surface area contributed by atoms with Crippen molar-refractivity contribution in [2.75, 3.05) is 0 Å². The number of nitrogens with zero attached hydrogens (tertiary/aromatic N) is 2. The minimum Gasteiger partial charge on any atom is -0.772 e. The molecular weight excluding hydrogens is 221 g/mol. The van der Waals surface area contributed by atoms with Gasteiger partial charge >= 0.3 is 6.18 Å². The molecule has 1 atom stereocenters. The summed E-state index contributed by atoms with van der Waals surface area (Å²) in [5, 5.41) is 0. The van der Waals surface area contributed by atoms with Crippen molar-refractivity contribution in [3.63, 3.8) is 0 Å². The van der Waals surface area contributed by atoms with Crippen LogP contribution in [0.3, 0.4) is 0 Å². The third kappa shape index (κ3) is 3.04. The molecule has 1 heterocycles. The number of alkyl halides is 3. The van der Waals surface area contributed by atoms with Crippen LogP contribution in [0.5, 0.6) is 0 Å². The van der Waals surface area contributed by atoms with E-state index in [0.29, 0.717) is 6.07 Å². The first-order valence-corrected chi connectivity index (χ1v) is 4.59. The van der Waals surface area contributed by atoms with E-state index in [0.717, 1.165) is 6.20 Å². The zero-order valence-electron chi connectivity index (χ0n) is 6.61. The Kier molecular flexibility index (Phi) is 3.17. The van der Waals surface area contributed by atoms with Gasteiger partial charge in [0.05, 0.1) is 5.75 Å². The smallest absolute Gasteiger partial charge is 0.433 e. The molecule has 0 aliphatic carbocycles. The van der Waals surface area contributed by atoms with Crippen LogP contribution in [0.25, 0.3) is 0 Å². The number of rotatable bonds is 2. The molecule has 0 N–H and O–H groups in total. The van der Waals surface area contributed by atoms with Gasteiger partial charge in [-0.25, -0.2) is 9.97 Å². The molecule has 14 heavy (non-hydrogen) atoms. The fraction of sp³-hybridized carbons (Fsp3) is 0.333. The Bertz CT molecular complexity index is 355. The Labute approximate surface area is 79.5 Å². The van der Waals surface area contributed by atoms with E-state index in [2.05, 4.69) is 9.97 Å². The van der Waals surface area contributed by atoms with Crippen molar-refractivity contribution in [2.24, 2.45) is 0 Å². The number of hydrogen-bond acceptors (Lipinski definition) is 4. The summed E-state index contributed by atoms with van der Waals surface area (Å²) in [5.74, 6) is -0.989. The minimum absolute atomic E-state index is 0.367. The number of halogens is 3. The molecule has 8 heteroatoms. The van der Waals surface area contributed by atoms with E-state index in [-0.39, 0.29) is 5.82 Å². The maximum Gasteiger partial charge on any atom is 0.433 e. The van der Waals surface area contributed by atoms with Crippen molar-refractivity contribution < 1.29 is 21.9 Å². The third-order valence-corrected chi connectivity index (χ3v) is 1.74. The predicted octanol–water partition coefficient (Wildman–Crippen LogP) is 0.875. The lowest BCUT2D eigenvalue weighted by Gasteiger charge is -2.07. The second kappa shape index (κ2) is 4.01. The first-order valence-electron chi connectivity index (χ1n) is 3.34. The van der Waals surface area contributed by atoms with Crippen molar-refractivity contribution in [3.8, 4) is 0 Å². The van der Waals surface area contributed by atoms with Gasteiger partial charge in [-0.2, -0.15) is 13.2 Å². The monoisotopic (exact) mass is 225 g/mol. The molecule has 0 radical (unpaired) electrons. The van der Waals surface area contributed by atoms with Crippen LogP contribution in [0.2, 0.25) is 0 Å². The van der Waals surface area contributed by atoms with Gasteiger partial charge < -0.3 is 4.55 Å². The van der Waals surface area contributed by atoms with Crippen LogP contribution < -0.4 is 0 Å². The molecule has 0 spiro atoms. The summed E-state index contributed by atoms with van der Waals surface area (Å²) in [5.41, 5.74) is -1.15. The third-order valence-electron chi connectivity index (χ3n) is 1.24. The predicted molar refractivity (Wildman–Crippen MR) is 39.7 cm³/mol. The van der Waals surface area contributed by atoms with Gasteiger partial charge in [-0.1, -0.05) is 0 Å². The maximum absolute atomic E-state index is 12.1. The van der Waals surface area contributed by atoms with Gasteiger partial charge in [0.1, 0.15) is 11.5 Å². The highest BCUT2D eigenvalue weighted by atomic mass is 32.2. The molecule has 1 rings (SSSR count). The van der Waals surface area contributed by atoms with E-state index in [4.69, 9.17) is 0 Å². The molecule has 0 saturated heterocycles. The Morgan fingerprint density at radius 1 is 1.50 bits per heavy atom. The highest BCUT2D eigenvalue weighted by molar-refractivity contribution is 7.78. The molecule has 0 fully saturated rings. The molecule has 0 aromatic carbocycles. The van der Waals surface area contributed by atoms with Gasteiger partial charge in [-0.3, -0.25) is 4.21 Å². The van der Waals surface area contributed by atoms with Crippen LogP contribution in [-0.4, -0.2) is 18.7 Å². The van der Waals surface area contributed by atoms with Crippen molar-refractivity contribution in [3.05, 3.63) is 23.8 Å². The van der Waals surface area contributed by atoms with Gasteiger partial charge in [0.15, 0.2) is 0 Å². The topological polar surface area (TPSA) is 65.9 Å². The average Bonchev–Trinajstić information content (AvgIpc) is 2.01. The van der Waals surface area contributed by atoms with Gasteiger partial charge in [0, 0.05) is 6.20 Å². The highest BCUT2D eigenvalue weighted by Gasteiger charge is 2.32. The van der Waals surface area contributed by atoms with Crippen LogP contribution >= 0.6 is 0 Å². The molecule has 1 aromatic rings. The molecule has 0 aliphatic heterocycles. The molecule has 0 bridgehead atoms. The molecule has 0 amide bonds. The largest absolute Gasteiger partial charge is 0.772 e. The van der Waals surface area contributed by atoms with Gasteiger partial charge in [-0.05, 0) is 17.1 Å². The second-order valence-corrected chi connectivity index (χ2v) is 3.20. The lowest BCUT2D eigenvalue weighted by molar-refractivity contribution is -0.141. The standard InChI is InChI=1S/C6H5F3N2O2S/c7-6(8,9)4-1-2-10-5(11-4)3-14(12)13/h1-2H,3H2,(H,12,13)/p-1. The summed E-state index contributed by atoms with van der Waals surface area (Å²) in [7, 11) is 0. The molecular formula is C6H4F3N2O2S-. The van der Waals surface area contributed by atoms with Crippen molar-refractivity contribution >= 4 is 11.1 Å². The lowest BCUT2D eigenvalue weighted by atomic mass is 10.4. The summed E-state index contributed by atoms with van der Waals surface area (Å²) in [6, 6.07) is 0.678.